The van der Waals surface area contributed by atoms with Crippen molar-refractivity contribution in [2.75, 3.05) is 12.4 Å². The highest BCUT2D eigenvalue weighted by Gasteiger charge is 2.32. The maximum absolute atomic E-state index is 12.9. The number of ether oxygens (including phenoxy) is 1. The van der Waals surface area contributed by atoms with E-state index >= 15 is 0 Å². The molecule has 0 aliphatic rings. The number of furan rings is 1. The summed E-state index contributed by atoms with van der Waals surface area (Å²) in [6, 6.07) is 11.1. The molecule has 158 valence electrons. The molecule has 0 N–H and O–H groups in total. The molecule has 0 spiro atoms. The van der Waals surface area contributed by atoms with Gasteiger partial charge in [-0.3, -0.25) is 4.98 Å². The second-order valence-electron chi connectivity index (χ2n) is 6.93. The van der Waals surface area contributed by atoms with Crippen molar-refractivity contribution in [1.82, 2.24) is 4.98 Å². The zero-order valence-corrected chi connectivity index (χ0v) is 17.1. The Bertz CT molecular complexity index is 1030. The second-order valence-corrected chi connectivity index (χ2v) is 8.02. The van der Waals surface area contributed by atoms with Crippen LogP contribution in [0.3, 0.4) is 0 Å². The summed E-state index contributed by atoms with van der Waals surface area (Å²) < 4.78 is 49.5. The molecule has 2 aromatic heterocycles. The number of nitrogens with zero attached hydrogens (tertiary/aromatic N) is 1. The first-order chi connectivity index (χ1) is 14.2. The van der Waals surface area contributed by atoms with Gasteiger partial charge < -0.3 is 9.15 Å². The largest absolute Gasteiger partial charge is 0.462 e. The monoisotopic (exact) mass is 435 g/mol. The molecular formula is C22H20F3NO3S. The number of hydrogen-bond acceptors (Lipinski definition) is 5. The van der Waals surface area contributed by atoms with E-state index in [0.717, 1.165) is 15.8 Å². The summed E-state index contributed by atoms with van der Waals surface area (Å²) in [5.74, 6) is -0.740. The molecule has 0 saturated heterocycles. The number of thioether (sulfide) groups is 1. The van der Waals surface area contributed by atoms with Gasteiger partial charge in [-0.1, -0.05) is 6.58 Å². The van der Waals surface area contributed by atoms with Crippen LogP contribution in [0.5, 0.6) is 0 Å². The number of carbonyl (C=O) groups excluding carboxylic acids is 1. The average molecular weight is 435 g/mol. The van der Waals surface area contributed by atoms with Crippen LogP contribution in [0.15, 0.2) is 70.3 Å². The van der Waals surface area contributed by atoms with E-state index in [1.165, 1.54) is 18.7 Å². The normalized spacial score (nSPS) is 12.7. The Labute approximate surface area is 176 Å². The van der Waals surface area contributed by atoms with Crippen molar-refractivity contribution in [3.63, 3.8) is 0 Å². The molecule has 1 aromatic carbocycles. The van der Waals surface area contributed by atoms with Gasteiger partial charge in [0.25, 0.3) is 0 Å². The highest BCUT2D eigenvalue weighted by atomic mass is 32.2. The summed E-state index contributed by atoms with van der Waals surface area (Å²) in [4.78, 5) is 16.4. The summed E-state index contributed by atoms with van der Waals surface area (Å²) in [5.41, 5.74) is 1.63. The van der Waals surface area contributed by atoms with Gasteiger partial charge in [-0.2, -0.15) is 13.2 Å². The number of rotatable bonds is 8. The van der Waals surface area contributed by atoms with E-state index in [4.69, 9.17) is 9.15 Å². The van der Waals surface area contributed by atoms with E-state index < -0.39 is 24.5 Å². The number of carbonyl (C=O) groups is 1. The molecule has 1 unspecified atom stereocenters. The third kappa shape index (κ3) is 6.13. The Morgan fingerprint density at radius 3 is 2.77 bits per heavy atom. The number of benzene rings is 1. The van der Waals surface area contributed by atoms with Crippen molar-refractivity contribution >= 4 is 28.7 Å². The Kier molecular flexibility index (Phi) is 6.87. The molecule has 3 aromatic rings. The number of aromatic nitrogens is 1. The average Bonchev–Trinajstić information content (AvgIpc) is 3.12. The lowest BCUT2D eigenvalue weighted by atomic mass is 10.1. The first-order valence-corrected chi connectivity index (χ1v) is 10.2. The van der Waals surface area contributed by atoms with Crippen molar-refractivity contribution in [1.29, 1.82) is 0 Å². The highest BCUT2D eigenvalue weighted by molar-refractivity contribution is 7.99. The minimum atomic E-state index is -4.34. The van der Waals surface area contributed by atoms with Crippen LogP contribution in [0.25, 0.3) is 22.3 Å². The summed E-state index contributed by atoms with van der Waals surface area (Å²) in [5, 5.41) is 0.889. The molecule has 4 nitrogen and oxygen atoms in total. The molecule has 0 saturated carbocycles. The van der Waals surface area contributed by atoms with Crippen molar-refractivity contribution in [3.05, 3.63) is 60.9 Å². The molecule has 3 rings (SSSR count). The molecule has 0 aliphatic heterocycles. The minimum Gasteiger partial charge on any atom is -0.462 e. The smallest absolute Gasteiger partial charge is 0.389 e. The van der Waals surface area contributed by atoms with Gasteiger partial charge in [-0.15, -0.1) is 11.8 Å². The van der Waals surface area contributed by atoms with Crippen molar-refractivity contribution in [2.24, 2.45) is 5.92 Å². The molecule has 0 aliphatic carbocycles. The topological polar surface area (TPSA) is 52.3 Å². The van der Waals surface area contributed by atoms with E-state index in [-0.39, 0.29) is 17.9 Å². The number of pyridine rings is 1. The van der Waals surface area contributed by atoms with Crippen molar-refractivity contribution in [2.45, 2.75) is 24.4 Å². The maximum Gasteiger partial charge on any atom is 0.389 e. The number of hydrogen-bond donors (Lipinski definition) is 0. The molecule has 0 fully saturated rings. The lowest BCUT2D eigenvalue weighted by Crippen LogP contribution is -2.23. The molecule has 1 atom stereocenters. The quantitative estimate of drug-likeness (QED) is 0.237. The van der Waals surface area contributed by atoms with Gasteiger partial charge in [0.1, 0.15) is 11.3 Å². The van der Waals surface area contributed by atoms with Gasteiger partial charge in [0.2, 0.25) is 0 Å². The lowest BCUT2D eigenvalue weighted by Gasteiger charge is -2.18. The predicted molar refractivity (Wildman–Crippen MR) is 110 cm³/mol. The Morgan fingerprint density at radius 2 is 2.10 bits per heavy atom. The molecule has 0 radical (unpaired) electrons. The number of esters is 1. The summed E-state index contributed by atoms with van der Waals surface area (Å²) in [6.45, 7) is 4.58. The van der Waals surface area contributed by atoms with E-state index in [1.54, 1.807) is 18.5 Å². The first kappa shape index (κ1) is 22.0. The van der Waals surface area contributed by atoms with E-state index in [0.29, 0.717) is 11.3 Å². The maximum atomic E-state index is 12.9. The van der Waals surface area contributed by atoms with E-state index in [1.807, 2.05) is 30.3 Å². The van der Waals surface area contributed by atoms with Crippen molar-refractivity contribution in [3.8, 4) is 11.3 Å². The van der Waals surface area contributed by atoms with Crippen LogP contribution in [0.2, 0.25) is 0 Å². The van der Waals surface area contributed by atoms with E-state index in [9.17, 15) is 18.0 Å². The second kappa shape index (κ2) is 9.38. The van der Waals surface area contributed by atoms with Gasteiger partial charge >= 0.3 is 12.1 Å². The van der Waals surface area contributed by atoms with Crippen LogP contribution in [0, 0.1) is 5.92 Å². The minimum absolute atomic E-state index is 0.144. The van der Waals surface area contributed by atoms with Crippen LogP contribution in [0.4, 0.5) is 13.2 Å². The molecule has 0 bridgehead atoms. The SMILES string of the molecule is C=C(C)C(=O)OCC(CSc1ccc2cc(-c3cccnc3)oc2c1)CC(F)(F)F. The third-order valence-electron chi connectivity index (χ3n) is 4.24. The van der Waals surface area contributed by atoms with Gasteiger partial charge in [-0.25, -0.2) is 4.79 Å². The number of halogens is 3. The number of fused-ring (bicyclic) bond motifs is 1. The fraction of sp³-hybridized carbons (Fsp3) is 0.273. The molecular weight excluding hydrogens is 415 g/mol. The van der Waals surface area contributed by atoms with Gasteiger partial charge in [-0.05, 0) is 43.3 Å². The van der Waals surface area contributed by atoms with Crippen LogP contribution in [0.1, 0.15) is 13.3 Å². The lowest BCUT2D eigenvalue weighted by molar-refractivity contribution is -0.154. The standard InChI is InChI=1S/C22H20F3NO3S/c1-14(2)21(27)28-12-15(10-22(23,24)25)13-30-18-6-5-16-8-19(29-20(16)9-18)17-4-3-7-26-11-17/h3-9,11,15H,1,10,12-13H2,2H3. The predicted octanol–water partition coefficient (Wildman–Crippen LogP) is 6.27. The highest BCUT2D eigenvalue weighted by Crippen LogP contribution is 2.33. The third-order valence-corrected chi connectivity index (χ3v) is 5.47. The molecule has 30 heavy (non-hydrogen) atoms. The summed E-state index contributed by atoms with van der Waals surface area (Å²) in [6.07, 6.45) is -2.00. The molecule has 0 amide bonds. The van der Waals surface area contributed by atoms with Crippen LogP contribution in [-0.2, 0) is 9.53 Å². The Balaban J connectivity index is 1.69. The Morgan fingerprint density at radius 1 is 1.30 bits per heavy atom. The summed E-state index contributed by atoms with van der Waals surface area (Å²) >= 11 is 1.26. The summed E-state index contributed by atoms with van der Waals surface area (Å²) in [7, 11) is 0. The fourth-order valence-electron chi connectivity index (χ4n) is 2.78. The zero-order valence-electron chi connectivity index (χ0n) is 16.2. The van der Waals surface area contributed by atoms with Gasteiger partial charge in [0.15, 0.2) is 0 Å². The molecule has 8 heteroatoms. The fourth-order valence-corrected chi connectivity index (χ4v) is 3.77. The first-order valence-electron chi connectivity index (χ1n) is 9.17. The van der Waals surface area contributed by atoms with Crippen LogP contribution < -0.4 is 0 Å². The molecule has 2 heterocycles. The zero-order chi connectivity index (χ0) is 21.7. The Hall–Kier alpha value is -2.74. The van der Waals surface area contributed by atoms with Gasteiger partial charge in [0, 0.05) is 45.5 Å². The van der Waals surface area contributed by atoms with Crippen LogP contribution >= 0.6 is 11.8 Å². The van der Waals surface area contributed by atoms with E-state index in [2.05, 4.69) is 11.6 Å². The number of alkyl halides is 3. The van der Waals surface area contributed by atoms with Crippen molar-refractivity contribution < 1.29 is 27.1 Å². The van der Waals surface area contributed by atoms with Crippen LogP contribution in [-0.4, -0.2) is 29.5 Å². The van der Waals surface area contributed by atoms with Gasteiger partial charge in [0.05, 0.1) is 13.0 Å².